The van der Waals surface area contributed by atoms with Crippen molar-refractivity contribution < 1.29 is 4.79 Å². The van der Waals surface area contributed by atoms with Crippen LogP contribution in [0.1, 0.15) is 23.0 Å². The molecule has 0 saturated heterocycles. The third-order valence-electron chi connectivity index (χ3n) is 4.41. The third-order valence-corrected chi connectivity index (χ3v) is 4.41. The fourth-order valence-corrected chi connectivity index (χ4v) is 3.33. The molecule has 1 aromatic heterocycles. The van der Waals surface area contributed by atoms with Gasteiger partial charge in [0.05, 0.1) is 0 Å². The van der Waals surface area contributed by atoms with E-state index in [9.17, 15) is 9.59 Å². The summed E-state index contributed by atoms with van der Waals surface area (Å²) < 4.78 is 0. The fraction of sp³-hybridized carbons (Fsp3) is 0.158. The summed E-state index contributed by atoms with van der Waals surface area (Å²) in [5.74, 6) is -0.162. The number of nitrogens with one attached hydrogen (secondary N) is 1. The molecular formula is C19H16N2O2. The van der Waals surface area contributed by atoms with Gasteiger partial charge in [-0.25, -0.2) is 0 Å². The summed E-state index contributed by atoms with van der Waals surface area (Å²) in [6.45, 7) is 2.02. The molecular weight excluding hydrogens is 288 g/mol. The Hall–Kier alpha value is -2.88. The maximum Gasteiger partial charge on any atom is 0.275 e. The molecule has 4 nitrogen and oxygen atoms in total. The number of hydrogen-bond donors (Lipinski definition) is 1. The predicted molar refractivity (Wildman–Crippen MR) is 91.0 cm³/mol. The molecule has 23 heavy (non-hydrogen) atoms. The number of aromatic amines is 1. The number of aromatic nitrogens is 1. The van der Waals surface area contributed by atoms with Gasteiger partial charge in [0.25, 0.3) is 11.5 Å². The molecule has 114 valence electrons. The topological polar surface area (TPSA) is 53.2 Å². The number of fused-ring (bicyclic) bond motifs is 2. The third kappa shape index (κ3) is 2.14. The smallest absolute Gasteiger partial charge is 0.275 e. The summed E-state index contributed by atoms with van der Waals surface area (Å²) in [4.78, 5) is 29.7. The summed E-state index contributed by atoms with van der Waals surface area (Å²) in [7, 11) is 0. The minimum absolute atomic E-state index is 0.0786. The average Bonchev–Trinajstić information content (AvgIpc) is 2.90. The first-order valence-electron chi connectivity index (χ1n) is 7.68. The monoisotopic (exact) mass is 304 g/mol. The van der Waals surface area contributed by atoms with E-state index in [1.807, 2.05) is 49.4 Å². The van der Waals surface area contributed by atoms with Crippen molar-refractivity contribution in [2.24, 2.45) is 0 Å². The lowest BCUT2D eigenvalue weighted by molar-refractivity contribution is 0.0976. The molecule has 1 atom stereocenters. The number of H-pyrrole nitrogens is 1. The molecule has 0 saturated carbocycles. The number of carbonyl (C=O) groups is 1. The number of anilines is 1. The zero-order valence-electron chi connectivity index (χ0n) is 12.7. The number of pyridine rings is 1. The molecule has 0 fully saturated rings. The van der Waals surface area contributed by atoms with Gasteiger partial charge in [-0.1, -0.05) is 36.4 Å². The lowest BCUT2D eigenvalue weighted by atomic mass is 10.1. The van der Waals surface area contributed by atoms with E-state index in [0.29, 0.717) is 11.1 Å². The Kier molecular flexibility index (Phi) is 3.05. The van der Waals surface area contributed by atoms with Gasteiger partial charge in [-0.2, -0.15) is 0 Å². The Balaban J connectivity index is 1.82. The number of benzene rings is 2. The van der Waals surface area contributed by atoms with E-state index in [-0.39, 0.29) is 17.5 Å². The molecule has 4 heteroatoms. The van der Waals surface area contributed by atoms with Gasteiger partial charge in [0.1, 0.15) is 5.69 Å². The van der Waals surface area contributed by atoms with Gasteiger partial charge >= 0.3 is 0 Å². The molecule has 2 aromatic carbocycles. The van der Waals surface area contributed by atoms with Gasteiger partial charge in [0.2, 0.25) is 0 Å². The Labute approximate surface area is 133 Å². The molecule has 1 unspecified atom stereocenters. The van der Waals surface area contributed by atoms with E-state index >= 15 is 0 Å². The lowest BCUT2D eigenvalue weighted by Crippen LogP contribution is -2.37. The molecule has 0 spiro atoms. The molecule has 1 N–H and O–H groups in total. The Morgan fingerprint density at radius 1 is 1.13 bits per heavy atom. The van der Waals surface area contributed by atoms with E-state index in [2.05, 4.69) is 4.98 Å². The van der Waals surface area contributed by atoms with Crippen LogP contribution in [-0.2, 0) is 6.42 Å². The number of para-hydroxylation sites is 1. The minimum atomic E-state index is -0.230. The van der Waals surface area contributed by atoms with Gasteiger partial charge < -0.3 is 9.88 Å². The van der Waals surface area contributed by atoms with Gasteiger partial charge in [-0.15, -0.1) is 0 Å². The highest BCUT2D eigenvalue weighted by Gasteiger charge is 2.31. The Morgan fingerprint density at radius 2 is 1.87 bits per heavy atom. The van der Waals surface area contributed by atoms with Crippen molar-refractivity contribution in [1.29, 1.82) is 0 Å². The highest BCUT2D eigenvalue weighted by Crippen LogP contribution is 2.32. The van der Waals surface area contributed by atoms with E-state index in [1.54, 1.807) is 17.0 Å². The maximum absolute atomic E-state index is 13.0. The number of nitrogens with zero attached hydrogens (tertiary/aromatic N) is 1. The second-order valence-corrected chi connectivity index (χ2v) is 5.96. The van der Waals surface area contributed by atoms with Crippen molar-refractivity contribution >= 4 is 22.4 Å². The SMILES string of the molecule is CC1Cc2ccccc2N1C(=O)c1cc2ccccc2c(=O)[nH]1. The van der Waals surface area contributed by atoms with Crippen LogP contribution in [0.4, 0.5) is 5.69 Å². The quantitative estimate of drug-likeness (QED) is 0.751. The zero-order chi connectivity index (χ0) is 16.0. The Bertz CT molecular complexity index is 974. The summed E-state index contributed by atoms with van der Waals surface area (Å²) in [6.07, 6.45) is 0.833. The molecule has 3 aromatic rings. The van der Waals surface area contributed by atoms with E-state index < -0.39 is 0 Å². The van der Waals surface area contributed by atoms with Crippen LogP contribution in [0.25, 0.3) is 10.8 Å². The summed E-state index contributed by atoms with van der Waals surface area (Å²) in [5.41, 5.74) is 2.19. The normalized spacial score (nSPS) is 16.6. The first-order valence-corrected chi connectivity index (χ1v) is 7.68. The van der Waals surface area contributed by atoms with Crippen LogP contribution >= 0.6 is 0 Å². The second-order valence-electron chi connectivity index (χ2n) is 5.96. The summed E-state index contributed by atoms with van der Waals surface area (Å²) in [5, 5.41) is 1.37. The molecule has 4 rings (SSSR count). The highest BCUT2D eigenvalue weighted by atomic mass is 16.2. The van der Waals surface area contributed by atoms with Crippen molar-refractivity contribution in [3.63, 3.8) is 0 Å². The van der Waals surface area contributed by atoms with E-state index in [4.69, 9.17) is 0 Å². The zero-order valence-corrected chi connectivity index (χ0v) is 12.7. The van der Waals surface area contributed by atoms with Crippen LogP contribution in [0, 0.1) is 0 Å². The molecule has 1 aliphatic heterocycles. The maximum atomic E-state index is 13.0. The van der Waals surface area contributed by atoms with Gasteiger partial charge in [-0.05, 0) is 42.5 Å². The van der Waals surface area contributed by atoms with Crippen molar-refractivity contribution in [3.8, 4) is 0 Å². The van der Waals surface area contributed by atoms with Crippen LogP contribution in [0.2, 0.25) is 0 Å². The number of hydrogen-bond acceptors (Lipinski definition) is 2. The van der Waals surface area contributed by atoms with Crippen LogP contribution < -0.4 is 10.5 Å². The van der Waals surface area contributed by atoms with Crippen LogP contribution in [-0.4, -0.2) is 16.9 Å². The van der Waals surface area contributed by atoms with Crippen molar-refractivity contribution in [1.82, 2.24) is 4.98 Å². The van der Waals surface area contributed by atoms with Gasteiger partial charge in [0, 0.05) is 17.1 Å². The number of rotatable bonds is 1. The van der Waals surface area contributed by atoms with Crippen molar-refractivity contribution in [2.45, 2.75) is 19.4 Å². The molecule has 0 aliphatic carbocycles. The summed E-state index contributed by atoms with van der Waals surface area (Å²) in [6, 6.07) is 17.0. The largest absolute Gasteiger partial charge is 0.317 e. The van der Waals surface area contributed by atoms with Crippen LogP contribution in [0.3, 0.4) is 0 Å². The molecule has 1 amide bonds. The standard InChI is InChI=1S/C19H16N2O2/c1-12-10-14-7-3-5-9-17(14)21(12)19(23)16-11-13-6-2-4-8-15(13)18(22)20-16/h2-9,11-12H,10H2,1H3,(H,20,22). The van der Waals surface area contributed by atoms with E-state index in [0.717, 1.165) is 23.1 Å². The van der Waals surface area contributed by atoms with Gasteiger partial charge in [0.15, 0.2) is 0 Å². The average molecular weight is 304 g/mol. The first-order chi connectivity index (χ1) is 11.1. The Morgan fingerprint density at radius 3 is 2.74 bits per heavy atom. The first kappa shape index (κ1) is 13.8. The van der Waals surface area contributed by atoms with E-state index in [1.165, 1.54) is 0 Å². The molecule has 2 heterocycles. The summed E-state index contributed by atoms with van der Waals surface area (Å²) >= 11 is 0. The van der Waals surface area contributed by atoms with Gasteiger partial charge in [-0.3, -0.25) is 9.59 Å². The molecule has 1 aliphatic rings. The molecule has 0 radical (unpaired) electrons. The van der Waals surface area contributed by atoms with Crippen molar-refractivity contribution in [2.75, 3.05) is 4.90 Å². The minimum Gasteiger partial charge on any atom is -0.317 e. The van der Waals surface area contributed by atoms with Crippen molar-refractivity contribution in [3.05, 3.63) is 76.2 Å². The highest BCUT2D eigenvalue weighted by molar-refractivity contribution is 6.08. The second kappa shape index (κ2) is 5.09. The van der Waals surface area contributed by atoms with Crippen LogP contribution in [0.5, 0.6) is 0 Å². The number of carbonyl (C=O) groups excluding carboxylic acids is 1. The predicted octanol–water partition coefficient (Wildman–Crippen LogP) is 3.12. The number of amides is 1. The fourth-order valence-electron chi connectivity index (χ4n) is 3.33. The lowest BCUT2D eigenvalue weighted by Gasteiger charge is -2.22. The molecule has 0 bridgehead atoms. The van der Waals surface area contributed by atoms with Crippen LogP contribution in [0.15, 0.2) is 59.4 Å².